The lowest BCUT2D eigenvalue weighted by atomic mass is 10.3. The molecule has 0 aromatic carbocycles. The number of rotatable bonds is 5. The summed E-state index contributed by atoms with van der Waals surface area (Å²) in [6.07, 6.45) is 4.63. The van der Waals surface area contributed by atoms with Crippen molar-refractivity contribution in [3.8, 4) is 0 Å². The maximum absolute atomic E-state index is 11.3. The normalized spacial score (nSPS) is 13.4. The SMILES string of the molecule is Cc1cnn([C@@H](C)CNC(=O)CS(C)(=O)=O)c1. The Bertz CT molecular complexity index is 493. The van der Waals surface area contributed by atoms with Gasteiger partial charge in [-0.3, -0.25) is 9.48 Å². The van der Waals surface area contributed by atoms with E-state index in [1.165, 1.54) is 0 Å². The molecule has 1 aromatic rings. The molecule has 1 amide bonds. The van der Waals surface area contributed by atoms with Crippen molar-refractivity contribution in [2.45, 2.75) is 19.9 Å². The fourth-order valence-electron chi connectivity index (χ4n) is 1.32. The van der Waals surface area contributed by atoms with Crippen LogP contribution in [0.2, 0.25) is 0 Å². The van der Waals surface area contributed by atoms with E-state index in [1.807, 2.05) is 20.0 Å². The van der Waals surface area contributed by atoms with Gasteiger partial charge in [-0.05, 0) is 19.4 Å². The first-order valence-electron chi connectivity index (χ1n) is 5.23. The molecule has 1 atom stereocenters. The Balaban J connectivity index is 2.43. The van der Waals surface area contributed by atoms with E-state index in [9.17, 15) is 13.2 Å². The van der Waals surface area contributed by atoms with E-state index >= 15 is 0 Å². The average molecular weight is 259 g/mol. The van der Waals surface area contributed by atoms with E-state index in [2.05, 4.69) is 10.4 Å². The zero-order chi connectivity index (χ0) is 13.1. The molecule has 0 aliphatic rings. The van der Waals surface area contributed by atoms with Crippen molar-refractivity contribution >= 4 is 15.7 Å². The number of carbonyl (C=O) groups is 1. The molecular formula is C10H17N3O3S. The summed E-state index contributed by atoms with van der Waals surface area (Å²) in [4.78, 5) is 11.3. The maximum Gasteiger partial charge on any atom is 0.235 e. The molecule has 6 nitrogen and oxygen atoms in total. The van der Waals surface area contributed by atoms with Gasteiger partial charge in [0.05, 0.1) is 12.2 Å². The molecular weight excluding hydrogens is 242 g/mol. The molecule has 96 valence electrons. The third-order valence-electron chi connectivity index (χ3n) is 2.17. The van der Waals surface area contributed by atoms with E-state index in [0.29, 0.717) is 6.54 Å². The van der Waals surface area contributed by atoms with E-state index in [4.69, 9.17) is 0 Å². The highest BCUT2D eigenvalue weighted by atomic mass is 32.2. The fraction of sp³-hybridized carbons (Fsp3) is 0.600. The van der Waals surface area contributed by atoms with Gasteiger partial charge in [0.2, 0.25) is 5.91 Å². The van der Waals surface area contributed by atoms with E-state index in [1.54, 1.807) is 10.9 Å². The molecule has 1 N–H and O–H groups in total. The van der Waals surface area contributed by atoms with Crippen LogP contribution in [0.1, 0.15) is 18.5 Å². The summed E-state index contributed by atoms with van der Waals surface area (Å²) in [5, 5.41) is 6.68. The molecule has 7 heteroatoms. The van der Waals surface area contributed by atoms with Gasteiger partial charge >= 0.3 is 0 Å². The second-order valence-electron chi connectivity index (χ2n) is 4.22. The number of amides is 1. The summed E-state index contributed by atoms with van der Waals surface area (Å²) in [6, 6.07) is -0.00721. The monoisotopic (exact) mass is 259 g/mol. The lowest BCUT2D eigenvalue weighted by Gasteiger charge is -2.12. The van der Waals surface area contributed by atoms with Crippen LogP contribution in [-0.2, 0) is 14.6 Å². The first-order chi connectivity index (χ1) is 7.78. The van der Waals surface area contributed by atoms with Crippen molar-refractivity contribution in [3.05, 3.63) is 18.0 Å². The van der Waals surface area contributed by atoms with E-state index in [-0.39, 0.29) is 6.04 Å². The molecule has 0 saturated carbocycles. The first-order valence-corrected chi connectivity index (χ1v) is 7.29. The Labute approximate surface area is 101 Å². The van der Waals surface area contributed by atoms with Crippen LogP contribution in [-0.4, -0.2) is 42.7 Å². The largest absolute Gasteiger partial charge is 0.353 e. The molecule has 0 fully saturated rings. The summed E-state index contributed by atoms with van der Waals surface area (Å²) < 4.78 is 23.5. The van der Waals surface area contributed by atoms with Crippen LogP contribution < -0.4 is 5.32 Å². The first kappa shape index (κ1) is 13.7. The minimum atomic E-state index is -3.27. The Kier molecular flexibility index (Phi) is 4.28. The van der Waals surface area contributed by atoms with Crippen molar-refractivity contribution in [2.24, 2.45) is 0 Å². The molecule has 0 aliphatic carbocycles. The predicted molar refractivity (Wildman–Crippen MR) is 64.4 cm³/mol. The van der Waals surface area contributed by atoms with Crippen molar-refractivity contribution in [3.63, 3.8) is 0 Å². The number of aromatic nitrogens is 2. The summed E-state index contributed by atoms with van der Waals surface area (Å²) in [5.74, 6) is -0.957. The van der Waals surface area contributed by atoms with Crippen LogP contribution in [0.3, 0.4) is 0 Å². The van der Waals surface area contributed by atoms with Gasteiger partial charge in [0.15, 0.2) is 9.84 Å². The van der Waals surface area contributed by atoms with E-state index < -0.39 is 21.5 Å². The zero-order valence-corrected chi connectivity index (χ0v) is 11.0. The molecule has 0 spiro atoms. The summed E-state index contributed by atoms with van der Waals surface area (Å²) in [7, 11) is -3.27. The summed E-state index contributed by atoms with van der Waals surface area (Å²) in [5.41, 5.74) is 1.04. The van der Waals surface area contributed by atoms with Crippen LogP contribution in [0.4, 0.5) is 0 Å². The molecule has 0 aliphatic heterocycles. The van der Waals surface area contributed by atoms with Crippen molar-refractivity contribution in [1.29, 1.82) is 0 Å². The average Bonchev–Trinajstić information content (AvgIpc) is 2.58. The predicted octanol–water partition coefficient (Wildman–Crippen LogP) is -0.0867. The van der Waals surface area contributed by atoms with Crippen LogP contribution >= 0.6 is 0 Å². The smallest absolute Gasteiger partial charge is 0.235 e. The highest BCUT2D eigenvalue weighted by molar-refractivity contribution is 7.91. The third-order valence-corrected chi connectivity index (χ3v) is 2.96. The quantitative estimate of drug-likeness (QED) is 0.801. The van der Waals surface area contributed by atoms with Gasteiger partial charge in [0.1, 0.15) is 5.75 Å². The topological polar surface area (TPSA) is 81.1 Å². The molecule has 0 unspecified atom stereocenters. The van der Waals surface area contributed by atoms with Gasteiger partial charge in [-0.2, -0.15) is 5.10 Å². The Morgan fingerprint density at radius 2 is 2.24 bits per heavy atom. The van der Waals surface area contributed by atoms with Crippen LogP contribution in [0.25, 0.3) is 0 Å². The van der Waals surface area contributed by atoms with Gasteiger partial charge in [-0.15, -0.1) is 0 Å². The molecule has 0 bridgehead atoms. The van der Waals surface area contributed by atoms with Crippen molar-refractivity contribution < 1.29 is 13.2 Å². The summed E-state index contributed by atoms with van der Waals surface area (Å²) in [6.45, 7) is 4.18. The van der Waals surface area contributed by atoms with Crippen LogP contribution in [0.5, 0.6) is 0 Å². The minimum absolute atomic E-state index is 0.00721. The fourth-order valence-corrected chi connectivity index (χ4v) is 1.90. The third kappa shape index (κ3) is 4.99. The lowest BCUT2D eigenvalue weighted by Crippen LogP contribution is -2.34. The Morgan fingerprint density at radius 1 is 1.59 bits per heavy atom. The van der Waals surface area contributed by atoms with Gasteiger partial charge in [0, 0.05) is 19.0 Å². The van der Waals surface area contributed by atoms with Gasteiger partial charge in [-0.25, -0.2) is 8.42 Å². The minimum Gasteiger partial charge on any atom is -0.353 e. The standard InChI is InChI=1S/C10H17N3O3S/c1-8-4-12-13(6-8)9(2)5-11-10(14)7-17(3,15)16/h4,6,9H,5,7H2,1-3H3,(H,11,14)/t9-/m0/s1. The molecule has 1 aromatic heterocycles. The highest BCUT2D eigenvalue weighted by Gasteiger charge is 2.12. The molecule has 0 saturated heterocycles. The number of carbonyl (C=O) groups excluding carboxylic acids is 1. The van der Waals surface area contributed by atoms with Crippen LogP contribution in [0, 0.1) is 6.92 Å². The molecule has 0 radical (unpaired) electrons. The molecule has 1 rings (SSSR count). The Morgan fingerprint density at radius 3 is 2.71 bits per heavy atom. The number of sulfone groups is 1. The number of hydrogen-bond donors (Lipinski definition) is 1. The van der Waals surface area contributed by atoms with Gasteiger partial charge in [0.25, 0.3) is 0 Å². The lowest BCUT2D eigenvalue weighted by molar-refractivity contribution is -0.118. The molecule has 1 heterocycles. The Hall–Kier alpha value is -1.37. The second kappa shape index (κ2) is 5.31. The van der Waals surface area contributed by atoms with Gasteiger partial charge < -0.3 is 5.32 Å². The van der Waals surface area contributed by atoms with E-state index in [0.717, 1.165) is 11.8 Å². The van der Waals surface area contributed by atoms with Crippen molar-refractivity contribution in [2.75, 3.05) is 18.6 Å². The highest BCUT2D eigenvalue weighted by Crippen LogP contribution is 2.04. The number of aryl methyl sites for hydroxylation is 1. The summed E-state index contributed by atoms with van der Waals surface area (Å²) >= 11 is 0. The second-order valence-corrected chi connectivity index (χ2v) is 6.36. The number of nitrogens with one attached hydrogen (secondary N) is 1. The molecule has 17 heavy (non-hydrogen) atoms. The van der Waals surface area contributed by atoms with Crippen LogP contribution in [0.15, 0.2) is 12.4 Å². The van der Waals surface area contributed by atoms with Crippen molar-refractivity contribution in [1.82, 2.24) is 15.1 Å². The number of hydrogen-bond acceptors (Lipinski definition) is 4. The number of nitrogens with zero attached hydrogens (tertiary/aromatic N) is 2. The zero-order valence-electron chi connectivity index (χ0n) is 10.2. The maximum atomic E-state index is 11.3. The van der Waals surface area contributed by atoms with Gasteiger partial charge in [-0.1, -0.05) is 0 Å².